The van der Waals surface area contributed by atoms with Crippen molar-refractivity contribution >= 4 is 11.7 Å². The van der Waals surface area contributed by atoms with Crippen LogP contribution in [-0.4, -0.2) is 16.1 Å². The zero-order chi connectivity index (χ0) is 21.3. The summed E-state index contributed by atoms with van der Waals surface area (Å²) in [4.78, 5) is 17.2. The number of esters is 1. The Morgan fingerprint density at radius 3 is 2.11 bits per heavy atom. The van der Waals surface area contributed by atoms with Gasteiger partial charge in [0.15, 0.2) is 0 Å². The monoisotopic (exact) mass is 384 g/mol. The molecule has 0 aliphatic rings. The van der Waals surface area contributed by atoms with Crippen LogP contribution in [0.2, 0.25) is 0 Å². The summed E-state index contributed by atoms with van der Waals surface area (Å²) in [5.74, 6) is -0.282. The summed E-state index contributed by atoms with van der Waals surface area (Å²) in [6.45, 7) is 14.0. The summed E-state index contributed by atoms with van der Waals surface area (Å²) in [5.41, 5.74) is 7.89. The molecule has 1 aromatic carbocycles. The van der Waals surface area contributed by atoms with Crippen LogP contribution in [0.15, 0.2) is 30.5 Å². The van der Waals surface area contributed by atoms with Crippen molar-refractivity contribution in [3.63, 3.8) is 0 Å². The van der Waals surface area contributed by atoms with Gasteiger partial charge in [-0.15, -0.1) is 0 Å². The average molecular weight is 385 g/mol. The third kappa shape index (κ3) is 4.64. The fourth-order valence-corrected chi connectivity index (χ4v) is 3.19. The van der Waals surface area contributed by atoms with Gasteiger partial charge in [-0.25, -0.2) is 0 Å². The number of benzene rings is 1. The maximum atomic E-state index is 12.9. The molecule has 2 rings (SSSR count). The number of nitrogen functional groups attached to an aromatic ring is 1. The van der Waals surface area contributed by atoms with Crippen LogP contribution in [0.3, 0.4) is 0 Å². The molecule has 0 amide bonds. The summed E-state index contributed by atoms with van der Waals surface area (Å²) in [7, 11) is 0. The minimum absolute atomic E-state index is 0.251. The van der Waals surface area contributed by atoms with Gasteiger partial charge in [0.25, 0.3) is 0 Å². The van der Waals surface area contributed by atoms with Crippen LogP contribution in [0, 0.1) is 0 Å². The van der Waals surface area contributed by atoms with Crippen molar-refractivity contribution in [1.29, 1.82) is 0 Å². The zero-order valence-corrected chi connectivity index (χ0v) is 18.0. The summed E-state index contributed by atoms with van der Waals surface area (Å²) in [6.07, 6.45) is 2.15. The lowest BCUT2D eigenvalue weighted by molar-refractivity contribution is -0.136. The van der Waals surface area contributed by atoms with Gasteiger partial charge in [0.2, 0.25) is 0 Å². The Hall–Kier alpha value is -2.56. The zero-order valence-electron chi connectivity index (χ0n) is 18.0. The largest absolute Gasteiger partial charge is 0.507 e. The number of hydrogen-bond donors (Lipinski definition) is 2. The molecule has 0 bridgehead atoms. The molecule has 1 heterocycles. The Labute approximate surface area is 167 Å². The molecular weight excluding hydrogens is 352 g/mol. The van der Waals surface area contributed by atoms with Gasteiger partial charge in [0.05, 0.1) is 11.4 Å². The Balaban J connectivity index is 2.47. The molecule has 0 aliphatic heterocycles. The second-order valence-electron chi connectivity index (χ2n) is 9.23. The first-order valence-electron chi connectivity index (χ1n) is 9.66. The third-order valence-corrected chi connectivity index (χ3v) is 4.81. The Morgan fingerprint density at radius 2 is 1.68 bits per heavy atom. The lowest BCUT2D eigenvalue weighted by Crippen LogP contribution is -2.22. The van der Waals surface area contributed by atoms with Crippen LogP contribution in [0.1, 0.15) is 77.6 Å². The molecule has 0 radical (unpaired) electrons. The average Bonchev–Trinajstić information content (AvgIpc) is 2.56. The topological polar surface area (TPSA) is 85.4 Å². The number of rotatable bonds is 4. The van der Waals surface area contributed by atoms with Gasteiger partial charge < -0.3 is 15.6 Å². The summed E-state index contributed by atoms with van der Waals surface area (Å²) < 4.78 is 5.76. The smallest absolute Gasteiger partial charge is 0.320 e. The van der Waals surface area contributed by atoms with E-state index in [4.69, 9.17) is 10.5 Å². The van der Waals surface area contributed by atoms with Gasteiger partial charge in [0.1, 0.15) is 17.4 Å². The predicted molar refractivity (Wildman–Crippen MR) is 113 cm³/mol. The number of hydrogen-bond acceptors (Lipinski definition) is 5. The maximum Gasteiger partial charge on any atom is 0.320 e. The van der Waals surface area contributed by atoms with E-state index in [0.717, 1.165) is 11.1 Å². The number of phenolic OH excluding ortho intramolecular Hbond substituents is 1. The minimum Gasteiger partial charge on any atom is -0.507 e. The van der Waals surface area contributed by atoms with Gasteiger partial charge in [-0.1, -0.05) is 48.5 Å². The van der Waals surface area contributed by atoms with Crippen LogP contribution in [-0.2, 0) is 15.6 Å². The van der Waals surface area contributed by atoms with E-state index < -0.39 is 11.9 Å². The van der Waals surface area contributed by atoms with E-state index >= 15 is 0 Å². The number of aromatic nitrogens is 1. The van der Waals surface area contributed by atoms with E-state index in [1.54, 1.807) is 30.5 Å². The molecule has 5 heteroatoms. The molecule has 0 aliphatic carbocycles. The number of nitrogens with two attached hydrogens (primary N) is 1. The molecule has 0 saturated heterocycles. The number of nitrogens with zero attached hydrogens (tertiary/aromatic N) is 1. The Bertz CT molecular complexity index is 826. The van der Waals surface area contributed by atoms with Crippen molar-refractivity contribution in [2.24, 2.45) is 0 Å². The highest BCUT2D eigenvalue weighted by Gasteiger charge is 2.29. The highest BCUT2D eigenvalue weighted by molar-refractivity contribution is 5.81. The van der Waals surface area contributed by atoms with Crippen molar-refractivity contribution in [3.05, 3.63) is 47.3 Å². The Kier molecular flexibility index (Phi) is 6.07. The number of carbonyl (C=O) groups is 1. The van der Waals surface area contributed by atoms with Crippen LogP contribution in [0.5, 0.6) is 11.5 Å². The molecule has 0 spiro atoms. The summed E-state index contributed by atoms with van der Waals surface area (Å²) >= 11 is 0. The van der Waals surface area contributed by atoms with Gasteiger partial charge >= 0.3 is 5.97 Å². The molecule has 1 aromatic heterocycles. The molecule has 1 unspecified atom stereocenters. The van der Waals surface area contributed by atoms with Crippen molar-refractivity contribution in [2.75, 3.05) is 5.73 Å². The molecule has 2 aromatic rings. The fourth-order valence-electron chi connectivity index (χ4n) is 3.19. The second kappa shape index (κ2) is 7.82. The molecule has 1 atom stereocenters. The van der Waals surface area contributed by atoms with Gasteiger partial charge in [-0.2, -0.15) is 0 Å². The molecular formula is C23H32N2O3. The van der Waals surface area contributed by atoms with E-state index in [2.05, 4.69) is 4.98 Å². The highest BCUT2D eigenvalue weighted by atomic mass is 16.5. The first-order valence-corrected chi connectivity index (χ1v) is 9.66. The van der Waals surface area contributed by atoms with Gasteiger partial charge in [-0.3, -0.25) is 9.78 Å². The number of carbonyl (C=O) groups excluding carboxylic acids is 1. The SMILES string of the molecule is CCC(C(=O)Oc1cc(C(C)(C)C)c(O)c(C(C)(C)C)c1)c1ncccc1N. The number of phenols is 1. The Morgan fingerprint density at radius 1 is 1.14 bits per heavy atom. The van der Waals surface area contributed by atoms with Crippen molar-refractivity contribution in [1.82, 2.24) is 4.98 Å². The van der Waals surface area contributed by atoms with E-state index in [1.807, 2.05) is 48.5 Å². The predicted octanol–water partition coefficient (Wildman–Crippen LogP) is 5.06. The van der Waals surface area contributed by atoms with Crippen molar-refractivity contribution in [3.8, 4) is 11.5 Å². The van der Waals surface area contributed by atoms with E-state index in [1.165, 1.54) is 0 Å². The minimum atomic E-state index is -0.550. The standard InChI is InChI=1S/C23H32N2O3/c1-8-15(19-18(24)10-9-11-25-19)21(27)28-14-12-16(22(2,3)4)20(26)17(13-14)23(5,6)7/h9-13,15,26H,8,24H2,1-7H3. The molecule has 28 heavy (non-hydrogen) atoms. The molecule has 0 saturated carbocycles. The normalized spacial score (nSPS) is 13.2. The van der Waals surface area contributed by atoms with Crippen molar-refractivity contribution < 1.29 is 14.6 Å². The van der Waals surface area contributed by atoms with Crippen LogP contribution >= 0.6 is 0 Å². The highest BCUT2D eigenvalue weighted by Crippen LogP contribution is 2.42. The number of aromatic hydroxyl groups is 1. The molecule has 152 valence electrons. The summed E-state index contributed by atoms with van der Waals surface area (Å²) in [5, 5.41) is 10.8. The number of anilines is 1. The third-order valence-electron chi connectivity index (χ3n) is 4.81. The molecule has 5 nitrogen and oxygen atoms in total. The summed E-state index contributed by atoms with van der Waals surface area (Å²) in [6, 6.07) is 6.96. The van der Waals surface area contributed by atoms with E-state index in [-0.39, 0.29) is 16.6 Å². The molecule has 0 fully saturated rings. The fraction of sp³-hybridized carbons (Fsp3) is 0.478. The van der Waals surface area contributed by atoms with Gasteiger partial charge in [-0.05, 0) is 41.5 Å². The first-order chi connectivity index (χ1) is 12.9. The quantitative estimate of drug-likeness (QED) is 0.568. The molecule has 3 N–H and O–H groups in total. The number of pyridine rings is 1. The van der Waals surface area contributed by atoms with Crippen molar-refractivity contribution in [2.45, 2.75) is 71.6 Å². The number of ether oxygens (including phenoxy) is 1. The lowest BCUT2D eigenvalue weighted by Gasteiger charge is -2.28. The van der Waals surface area contributed by atoms with Crippen LogP contribution < -0.4 is 10.5 Å². The second-order valence-corrected chi connectivity index (χ2v) is 9.23. The van der Waals surface area contributed by atoms with Crippen LogP contribution in [0.4, 0.5) is 5.69 Å². The van der Waals surface area contributed by atoms with E-state index in [9.17, 15) is 9.90 Å². The van der Waals surface area contributed by atoms with Gasteiger partial charge in [0, 0.05) is 17.3 Å². The lowest BCUT2D eigenvalue weighted by atomic mass is 9.79. The van der Waals surface area contributed by atoms with E-state index in [0.29, 0.717) is 23.6 Å². The maximum absolute atomic E-state index is 12.9. The first kappa shape index (κ1) is 21.7. The van der Waals surface area contributed by atoms with Crippen LogP contribution in [0.25, 0.3) is 0 Å².